The van der Waals surface area contributed by atoms with Crippen molar-refractivity contribution in [2.45, 2.75) is 0 Å². The van der Waals surface area contributed by atoms with Gasteiger partial charge in [0.1, 0.15) is 18.2 Å². The molecule has 0 aliphatic carbocycles. The molecule has 0 atom stereocenters. The van der Waals surface area contributed by atoms with Gasteiger partial charge in [0, 0.05) is 13.1 Å². The van der Waals surface area contributed by atoms with Gasteiger partial charge in [0.15, 0.2) is 18.1 Å². The molecule has 2 rings (SSSR count). The van der Waals surface area contributed by atoms with Crippen LogP contribution in [0, 0.1) is 5.82 Å². The lowest BCUT2D eigenvalue weighted by Crippen LogP contribution is -2.34. The van der Waals surface area contributed by atoms with Crippen LogP contribution in [0.3, 0.4) is 0 Å². The molecule has 0 aliphatic rings. The topological polar surface area (TPSA) is 48.0 Å². The minimum Gasteiger partial charge on any atom is -0.493 e. The maximum absolute atomic E-state index is 13.1. The maximum atomic E-state index is 13.1. The van der Waals surface area contributed by atoms with Crippen molar-refractivity contribution < 1.29 is 23.4 Å². The first-order valence-electron chi connectivity index (χ1n) is 7.59. The summed E-state index contributed by atoms with van der Waals surface area (Å²) in [5.41, 5.74) is 0. The van der Waals surface area contributed by atoms with Crippen molar-refractivity contribution in [3.8, 4) is 17.2 Å². The average molecular weight is 368 g/mol. The van der Waals surface area contributed by atoms with Gasteiger partial charge in [-0.25, -0.2) is 4.39 Å². The van der Waals surface area contributed by atoms with Crippen LogP contribution >= 0.6 is 11.6 Å². The monoisotopic (exact) mass is 367 g/mol. The van der Waals surface area contributed by atoms with E-state index in [0.717, 1.165) is 0 Å². The number of methoxy groups -OCH3 is 1. The highest BCUT2D eigenvalue weighted by Crippen LogP contribution is 2.25. The van der Waals surface area contributed by atoms with Crippen LogP contribution in [0.25, 0.3) is 0 Å². The summed E-state index contributed by atoms with van der Waals surface area (Å²) >= 11 is 5.67. The molecule has 0 bridgehead atoms. The molecule has 2 aromatic rings. The number of rotatable bonds is 8. The standard InChI is InChI=1S/C18H19ClFNO4/c1-21(9-10-24-17-6-4-3-5-16(17)23-2)18(22)12-25-13-7-8-15(20)14(19)11-13/h3-8,11H,9-10,12H2,1-2H3. The van der Waals surface area contributed by atoms with Gasteiger partial charge in [-0.3, -0.25) is 4.79 Å². The highest BCUT2D eigenvalue weighted by Gasteiger charge is 2.11. The molecule has 0 fully saturated rings. The van der Waals surface area contributed by atoms with Crippen LogP contribution in [-0.2, 0) is 4.79 Å². The molecule has 7 heteroatoms. The highest BCUT2D eigenvalue weighted by atomic mass is 35.5. The number of carbonyl (C=O) groups is 1. The Labute approximate surface area is 150 Å². The molecule has 134 valence electrons. The SMILES string of the molecule is COc1ccccc1OCCN(C)C(=O)COc1ccc(F)c(Cl)c1. The van der Waals surface area contributed by atoms with E-state index in [1.165, 1.54) is 23.1 Å². The molecule has 0 N–H and O–H groups in total. The molecular formula is C18H19ClFNO4. The predicted molar refractivity (Wildman–Crippen MR) is 93.0 cm³/mol. The van der Waals surface area contributed by atoms with Crippen molar-refractivity contribution in [3.05, 3.63) is 53.3 Å². The summed E-state index contributed by atoms with van der Waals surface area (Å²) in [4.78, 5) is 13.5. The second-order valence-electron chi connectivity index (χ2n) is 5.18. The Bertz CT molecular complexity index is 726. The Kier molecular flexibility index (Phi) is 6.89. The van der Waals surface area contributed by atoms with Crippen molar-refractivity contribution in [2.75, 3.05) is 33.9 Å². The minimum absolute atomic E-state index is 0.0523. The van der Waals surface area contributed by atoms with Crippen LogP contribution in [0.5, 0.6) is 17.2 Å². The summed E-state index contributed by atoms with van der Waals surface area (Å²) in [5, 5.41) is -0.0523. The number of para-hydroxylation sites is 2. The van der Waals surface area contributed by atoms with Crippen LogP contribution in [-0.4, -0.2) is 44.7 Å². The van der Waals surface area contributed by atoms with Crippen LogP contribution in [0.15, 0.2) is 42.5 Å². The number of amides is 1. The molecular weight excluding hydrogens is 349 g/mol. The molecule has 0 unspecified atom stereocenters. The fourth-order valence-electron chi connectivity index (χ4n) is 1.98. The summed E-state index contributed by atoms with van der Waals surface area (Å²) in [6.45, 7) is 0.516. The van der Waals surface area contributed by atoms with E-state index in [1.807, 2.05) is 12.1 Å². The lowest BCUT2D eigenvalue weighted by atomic mass is 10.3. The number of hydrogen-bond acceptors (Lipinski definition) is 4. The molecule has 0 saturated heterocycles. The van der Waals surface area contributed by atoms with Gasteiger partial charge < -0.3 is 19.1 Å². The summed E-state index contributed by atoms with van der Waals surface area (Å²) < 4.78 is 29.2. The molecule has 0 aromatic heterocycles. The number of benzene rings is 2. The molecule has 25 heavy (non-hydrogen) atoms. The third kappa shape index (κ3) is 5.53. The molecule has 5 nitrogen and oxygen atoms in total. The van der Waals surface area contributed by atoms with Gasteiger partial charge in [-0.2, -0.15) is 0 Å². The Hall–Kier alpha value is -2.47. The summed E-state index contributed by atoms with van der Waals surface area (Å²) in [6.07, 6.45) is 0. The smallest absolute Gasteiger partial charge is 0.260 e. The highest BCUT2D eigenvalue weighted by molar-refractivity contribution is 6.30. The van der Waals surface area contributed by atoms with E-state index in [9.17, 15) is 9.18 Å². The van der Waals surface area contributed by atoms with Crippen LogP contribution < -0.4 is 14.2 Å². The van der Waals surface area contributed by atoms with Gasteiger partial charge in [0.25, 0.3) is 5.91 Å². The number of hydrogen-bond donors (Lipinski definition) is 0. The predicted octanol–water partition coefficient (Wildman–Crippen LogP) is 3.40. The Morgan fingerprint density at radius 1 is 1.16 bits per heavy atom. The van der Waals surface area contributed by atoms with E-state index in [1.54, 1.807) is 26.3 Å². The molecule has 2 aromatic carbocycles. The van der Waals surface area contributed by atoms with Gasteiger partial charge in [0.2, 0.25) is 0 Å². The zero-order valence-corrected chi connectivity index (χ0v) is 14.8. The average Bonchev–Trinajstić information content (AvgIpc) is 2.62. The molecule has 0 spiro atoms. The fraction of sp³-hybridized carbons (Fsp3) is 0.278. The third-order valence-electron chi connectivity index (χ3n) is 3.43. The van der Waals surface area contributed by atoms with Crippen molar-refractivity contribution in [1.82, 2.24) is 4.90 Å². The Balaban J connectivity index is 1.77. The maximum Gasteiger partial charge on any atom is 0.260 e. The van der Waals surface area contributed by atoms with Crippen LogP contribution in [0.2, 0.25) is 5.02 Å². The van der Waals surface area contributed by atoms with E-state index < -0.39 is 5.82 Å². The van der Waals surface area contributed by atoms with E-state index in [4.69, 9.17) is 25.8 Å². The number of halogens is 2. The number of likely N-dealkylation sites (N-methyl/N-ethyl adjacent to an activating group) is 1. The largest absolute Gasteiger partial charge is 0.493 e. The second-order valence-corrected chi connectivity index (χ2v) is 5.59. The van der Waals surface area contributed by atoms with Crippen LogP contribution in [0.4, 0.5) is 4.39 Å². The van der Waals surface area contributed by atoms with Gasteiger partial charge >= 0.3 is 0 Å². The van der Waals surface area contributed by atoms with Crippen LogP contribution in [0.1, 0.15) is 0 Å². The molecule has 1 amide bonds. The summed E-state index contributed by atoms with van der Waals surface area (Å²) in [5.74, 6) is 0.810. The van der Waals surface area contributed by atoms with Crippen molar-refractivity contribution in [3.63, 3.8) is 0 Å². The normalized spacial score (nSPS) is 10.2. The summed E-state index contributed by atoms with van der Waals surface area (Å²) in [6, 6.07) is 11.2. The first kappa shape index (κ1) is 18.9. The quantitative estimate of drug-likeness (QED) is 0.717. The number of nitrogens with zero attached hydrogens (tertiary/aromatic N) is 1. The van der Waals surface area contributed by atoms with Crippen molar-refractivity contribution in [2.24, 2.45) is 0 Å². The van der Waals surface area contributed by atoms with E-state index in [2.05, 4.69) is 0 Å². The van der Waals surface area contributed by atoms with E-state index in [0.29, 0.717) is 30.4 Å². The Morgan fingerprint density at radius 3 is 2.56 bits per heavy atom. The minimum atomic E-state index is -0.536. The van der Waals surface area contributed by atoms with E-state index >= 15 is 0 Å². The lowest BCUT2D eigenvalue weighted by molar-refractivity contribution is -0.132. The second kappa shape index (κ2) is 9.13. The fourth-order valence-corrected chi connectivity index (χ4v) is 2.15. The lowest BCUT2D eigenvalue weighted by Gasteiger charge is -2.18. The third-order valence-corrected chi connectivity index (χ3v) is 3.72. The molecule has 0 aliphatic heterocycles. The van der Waals surface area contributed by atoms with Gasteiger partial charge in [0.05, 0.1) is 18.7 Å². The molecule has 0 radical (unpaired) electrons. The summed E-state index contributed by atoms with van der Waals surface area (Å²) in [7, 11) is 3.21. The van der Waals surface area contributed by atoms with Crippen molar-refractivity contribution in [1.29, 1.82) is 0 Å². The zero-order chi connectivity index (χ0) is 18.2. The number of ether oxygens (including phenoxy) is 3. The molecule has 0 saturated carbocycles. The van der Waals surface area contributed by atoms with E-state index in [-0.39, 0.29) is 17.5 Å². The van der Waals surface area contributed by atoms with Gasteiger partial charge in [-0.05, 0) is 24.3 Å². The van der Waals surface area contributed by atoms with Gasteiger partial charge in [-0.1, -0.05) is 23.7 Å². The zero-order valence-electron chi connectivity index (χ0n) is 14.0. The van der Waals surface area contributed by atoms with Crippen molar-refractivity contribution >= 4 is 17.5 Å². The molecule has 0 heterocycles. The van der Waals surface area contributed by atoms with Gasteiger partial charge in [-0.15, -0.1) is 0 Å². The number of carbonyl (C=O) groups excluding carboxylic acids is 1. The first-order valence-corrected chi connectivity index (χ1v) is 7.96. The Morgan fingerprint density at radius 2 is 1.88 bits per heavy atom. The first-order chi connectivity index (χ1) is 12.0.